The van der Waals surface area contributed by atoms with Gasteiger partial charge in [0.25, 0.3) is 11.1 Å². The zero-order valence-electron chi connectivity index (χ0n) is 19.4. The lowest BCUT2D eigenvalue weighted by atomic mass is 10.2. The number of aryl methyl sites for hydroxylation is 2. The van der Waals surface area contributed by atoms with Gasteiger partial charge in [0.2, 0.25) is 0 Å². The molecule has 4 aromatic rings. The number of benzene rings is 1. The number of hydrogen-bond donors (Lipinski definition) is 2. The molecule has 0 spiro atoms. The van der Waals surface area contributed by atoms with Crippen LogP contribution in [0, 0.1) is 0 Å². The largest absolute Gasteiger partial charge is 0.330 e. The number of aromatic amines is 2. The van der Waals surface area contributed by atoms with E-state index in [1.807, 2.05) is 39.0 Å². The Balaban J connectivity index is 1.71. The Hall–Kier alpha value is -3.53. The van der Waals surface area contributed by atoms with Crippen molar-refractivity contribution in [3.05, 3.63) is 67.1 Å². The van der Waals surface area contributed by atoms with Gasteiger partial charge in [0.1, 0.15) is 11.6 Å². The fourth-order valence-electron chi connectivity index (χ4n) is 3.96. The number of fused-ring (bicyclic) bond motifs is 2. The molecule has 10 heteroatoms. The van der Waals surface area contributed by atoms with Crippen molar-refractivity contribution in [3.63, 3.8) is 0 Å². The molecule has 0 saturated heterocycles. The molecular weight excluding hydrogens is 422 g/mol. The van der Waals surface area contributed by atoms with Crippen LogP contribution in [0.4, 0.5) is 0 Å². The number of aromatic nitrogens is 6. The van der Waals surface area contributed by atoms with E-state index >= 15 is 0 Å². The van der Waals surface area contributed by atoms with Crippen molar-refractivity contribution in [1.29, 1.82) is 0 Å². The summed E-state index contributed by atoms with van der Waals surface area (Å²) in [7, 11) is 1.78. The Morgan fingerprint density at radius 2 is 1.79 bits per heavy atom. The van der Waals surface area contributed by atoms with E-state index in [1.54, 1.807) is 17.7 Å². The molecule has 4 rings (SSSR count). The summed E-state index contributed by atoms with van der Waals surface area (Å²) in [5.41, 5.74) is 0.366. The number of nitrogens with zero attached hydrogens (tertiary/aromatic N) is 5. The normalized spacial score (nSPS) is 11.9. The predicted octanol–water partition coefficient (Wildman–Crippen LogP) is 1.87. The molecule has 0 bridgehead atoms. The number of para-hydroxylation sites is 1. The molecule has 174 valence electrons. The van der Waals surface area contributed by atoms with Gasteiger partial charge >= 0.3 is 5.69 Å². The highest BCUT2D eigenvalue weighted by molar-refractivity contribution is 5.77. The van der Waals surface area contributed by atoms with Gasteiger partial charge in [-0.3, -0.25) is 24.0 Å². The molecule has 3 heterocycles. The zero-order chi connectivity index (χ0) is 23.7. The smallest absolute Gasteiger partial charge is 0.324 e. The standard InChI is InChI=1S/C23H29N7O3/c1-5-6-11-30-20-19(22(32)27-23(30)33)28(4)18(26-20)13-29(14(2)3)12-17-24-16-10-8-7-9-15(16)21(31)25-17/h7-10,14H,5-6,11-13H2,1-4H3,(H,24,25,31)(H,27,32,33). The first-order valence-corrected chi connectivity index (χ1v) is 11.2. The van der Waals surface area contributed by atoms with Crippen LogP contribution in [0.15, 0.2) is 38.6 Å². The summed E-state index contributed by atoms with van der Waals surface area (Å²) < 4.78 is 3.27. The summed E-state index contributed by atoms with van der Waals surface area (Å²) in [6.07, 6.45) is 1.73. The van der Waals surface area contributed by atoms with Crippen molar-refractivity contribution in [2.75, 3.05) is 0 Å². The summed E-state index contributed by atoms with van der Waals surface area (Å²) in [5, 5.41) is 0.553. The maximum absolute atomic E-state index is 12.5. The van der Waals surface area contributed by atoms with E-state index in [9.17, 15) is 14.4 Å². The van der Waals surface area contributed by atoms with Gasteiger partial charge < -0.3 is 9.55 Å². The highest BCUT2D eigenvalue weighted by atomic mass is 16.2. The molecule has 0 saturated carbocycles. The first kappa shape index (κ1) is 22.7. The monoisotopic (exact) mass is 451 g/mol. The van der Waals surface area contributed by atoms with Gasteiger partial charge in [0, 0.05) is 19.6 Å². The lowest BCUT2D eigenvalue weighted by molar-refractivity contribution is 0.192. The van der Waals surface area contributed by atoms with Crippen molar-refractivity contribution in [1.82, 2.24) is 34.0 Å². The van der Waals surface area contributed by atoms with Gasteiger partial charge in [-0.2, -0.15) is 0 Å². The third-order valence-corrected chi connectivity index (χ3v) is 5.93. The van der Waals surface area contributed by atoms with Crippen molar-refractivity contribution < 1.29 is 0 Å². The molecular formula is C23H29N7O3. The molecule has 0 aliphatic heterocycles. The van der Waals surface area contributed by atoms with Crippen LogP contribution in [-0.4, -0.2) is 40.0 Å². The van der Waals surface area contributed by atoms with Gasteiger partial charge in [0.15, 0.2) is 11.2 Å². The van der Waals surface area contributed by atoms with Crippen LogP contribution in [-0.2, 0) is 26.7 Å². The number of rotatable bonds is 8. The van der Waals surface area contributed by atoms with E-state index < -0.39 is 11.2 Å². The van der Waals surface area contributed by atoms with Crippen molar-refractivity contribution in [2.45, 2.75) is 59.3 Å². The fraction of sp³-hybridized carbons (Fsp3) is 0.435. The maximum atomic E-state index is 12.5. The van der Waals surface area contributed by atoms with Gasteiger partial charge in [-0.05, 0) is 32.4 Å². The Morgan fingerprint density at radius 3 is 2.52 bits per heavy atom. The molecule has 0 radical (unpaired) electrons. The maximum Gasteiger partial charge on any atom is 0.330 e. The average molecular weight is 452 g/mol. The number of H-pyrrole nitrogens is 2. The van der Waals surface area contributed by atoms with Crippen LogP contribution < -0.4 is 16.8 Å². The highest BCUT2D eigenvalue weighted by Crippen LogP contribution is 2.16. The van der Waals surface area contributed by atoms with Crippen LogP contribution in [0.25, 0.3) is 22.1 Å². The fourth-order valence-corrected chi connectivity index (χ4v) is 3.96. The first-order chi connectivity index (χ1) is 15.8. The van der Waals surface area contributed by atoms with Gasteiger partial charge in [-0.1, -0.05) is 25.5 Å². The lowest BCUT2D eigenvalue weighted by Gasteiger charge is -2.25. The SMILES string of the molecule is CCCCn1c(=O)[nH]c(=O)c2c1nc(CN(Cc1nc3ccccc3c(=O)[nH]1)C(C)C)n2C. The topological polar surface area (TPSA) is 122 Å². The summed E-state index contributed by atoms with van der Waals surface area (Å²) in [4.78, 5) is 54.1. The molecule has 33 heavy (non-hydrogen) atoms. The Labute approximate surface area is 189 Å². The zero-order valence-corrected chi connectivity index (χ0v) is 19.4. The van der Waals surface area contributed by atoms with E-state index in [0.717, 1.165) is 12.8 Å². The number of hydrogen-bond acceptors (Lipinski definition) is 6. The molecule has 10 nitrogen and oxygen atoms in total. The molecule has 2 N–H and O–H groups in total. The Bertz CT molecular complexity index is 1480. The summed E-state index contributed by atoms with van der Waals surface area (Å²) >= 11 is 0. The van der Waals surface area contributed by atoms with Crippen LogP contribution in [0.2, 0.25) is 0 Å². The van der Waals surface area contributed by atoms with E-state index in [2.05, 4.69) is 19.9 Å². The molecule has 0 aliphatic rings. The molecule has 0 fully saturated rings. The molecule has 0 aliphatic carbocycles. The van der Waals surface area contributed by atoms with Gasteiger partial charge in [-0.25, -0.2) is 14.8 Å². The summed E-state index contributed by atoms with van der Waals surface area (Å²) in [6, 6.07) is 7.35. The summed E-state index contributed by atoms with van der Waals surface area (Å²) in [5.74, 6) is 1.21. The van der Waals surface area contributed by atoms with Crippen LogP contribution in [0.1, 0.15) is 45.3 Å². The first-order valence-electron chi connectivity index (χ1n) is 11.2. The quantitative estimate of drug-likeness (QED) is 0.422. The van der Waals surface area contributed by atoms with Crippen molar-refractivity contribution >= 4 is 22.1 Å². The van der Waals surface area contributed by atoms with E-state index in [4.69, 9.17) is 4.98 Å². The molecule has 0 unspecified atom stereocenters. The molecule has 3 aromatic heterocycles. The lowest BCUT2D eigenvalue weighted by Crippen LogP contribution is -2.32. The second-order valence-electron chi connectivity index (χ2n) is 8.55. The molecule has 0 amide bonds. The number of imidazole rings is 1. The van der Waals surface area contributed by atoms with Crippen molar-refractivity contribution in [2.24, 2.45) is 7.05 Å². The van der Waals surface area contributed by atoms with Gasteiger partial charge in [-0.15, -0.1) is 0 Å². The summed E-state index contributed by atoms with van der Waals surface area (Å²) in [6.45, 7) is 7.46. The number of nitrogens with one attached hydrogen (secondary N) is 2. The Morgan fingerprint density at radius 1 is 1.03 bits per heavy atom. The van der Waals surface area contributed by atoms with Crippen LogP contribution in [0.3, 0.4) is 0 Å². The highest BCUT2D eigenvalue weighted by Gasteiger charge is 2.20. The predicted molar refractivity (Wildman–Crippen MR) is 127 cm³/mol. The molecule has 1 aromatic carbocycles. The van der Waals surface area contributed by atoms with E-state index in [1.165, 1.54) is 4.57 Å². The third kappa shape index (κ3) is 4.38. The van der Waals surface area contributed by atoms with Crippen LogP contribution in [0.5, 0.6) is 0 Å². The minimum absolute atomic E-state index is 0.113. The second-order valence-corrected chi connectivity index (χ2v) is 8.55. The van der Waals surface area contributed by atoms with E-state index in [0.29, 0.717) is 53.3 Å². The Kier molecular flexibility index (Phi) is 6.28. The van der Waals surface area contributed by atoms with Crippen LogP contribution >= 0.6 is 0 Å². The van der Waals surface area contributed by atoms with Crippen molar-refractivity contribution in [3.8, 4) is 0 Å². The minimum Gasteiger partial charge on any atom is -0.324 e. The minimum atomic E-state index is -0.444. The third-order valence-electron chi connectivity index (χ3n) is 5.93. The number of unbranched alkanes of at least 4 members (excludes halogenated alkanes) is 1. The van der Waals surface area contributed by atoms with Gasteiger partial charge in [0.05, 0.1) is 24.0 Å². The molecule has 0 atom stereocenters. The average Bonchev–Trinajstić information content (AvgIpc) is 3.09. The second kappa shape index (κ2) is 9.14. The van der Waals surface area contributed by atoms with E-state index in [-0.39, 0.29) is 11.6 Å².